The number of H-pyrrole nitrogens is 1. The third-order valence-electron chi connectivity index (χ3n) is 4.00. The molecule has 0 bridgehead atoms. The van der Waals surface area contributed by atoms with Crippen molar-refractivity contribution in [3.8, 4) is 0 Å². The van der Waals surface area contributed by atoms with Crippen LogP contribution in [0.25, 0.3) is 11.0 Å². The molecule has 1 fully saturated rings. The van der Waals surface area contributed by atoms with Crippen LogP contribution in [0.1, 0.15) is 26.2 Å². The summed E-state index contributed by atoms with van der Waals surface area (Å²) in [5.41, 5.74) is 8.42. The van der Waals surface area contributed by atoms with E-state index in [1.165, 1.54) is 0 Å². The van der Waals surface area contributed by atoms with E-state index in [4.69, 9.17) is 17.3 Å². The molecule has 1 atom stereocenters. The second-order valence-electron chi connectivity index (χ2n) is 5.63. The molecule has 0 radical (unpaired) electrons. The van der Waals surface area contributed by atoms with E-state index in [9.17, 15) is 4.79 Å². The number of rotatable bonds is 3. The number of nitrogens with two attached hydrogens (primary N) is 1. The minimum absolute atomic E-state index is 0. The lowest BCUT2D eigenvalue weighted by atomic mass is 10.1. The maximum Gasteiger partial charge on any atom is 0.224 e. The van der Waals surface area contributed by atoms with Gasteiger partial charge in [0.15, 0.2) is 0 Å². The van der Waals surface area contributed by atoms with Crippen molar-refractivity contribution in [3.63, 3.8) is 0 Å². The first-order chi connectivity index (χ1) is 10.6. The quantitative estimate of drug-likeness (QED) is 0.787. The number of halogens is 2. The van der Waals surface area contributed by atoms with Crippen LogP contribution in [0.2, 0.25) is 5.02 Å². The number of piperidine rings is 1. The third kappa shape index (κ3) is 3.54. The summed E-state index contributed by atoms with van der Waals surface area (Å²) in [5, 5.41) is 4.33. The Hall–Kier alpha value is -1.50. The van der Waals surface area contributed by atoms with Gasteiger partial charge in [-0.15, -0.1) is 12.4 Å². The van der Waals surface area contributed by atoms with Gasteiger partial charge in [-0.2, -0.15) is 0 Å². The van der Waals surface area contributed by atoms with Crippen LogP contribution in [0, 0.1) is 0 Å². The van der Waals surface area contributed by atoms with Crippen LogP contribution in [0.3, 0.4) is 0 Å². The third-order valence-corrected chi connectivity index (χ3v) is 4.28. The van der Waals surface area contributed by atoms with E-state index in [1.807, 2.05) is 6.92 Å². The Bertz CT molecular complexity index is 702. The molecule has 1 saturated heterocycles. The number of hydrogen-bond acceptors (Lipinski definition) is 4. The van der Waals surface area contributed by atoms with Crippen LogP contribution in [0.15, 0.2) is 12.4 Å². The van der Waals surface area contributed by atoms with Crippen LogP contribution in [0.4, 0.5) is 11.4 Å². The number of hydrogen-bond donors (Lipinski definition) is 3. The van der Waals surface area contributed by atoms with Crippen LogP contribution in [0.5, 0.6) is 0 Å². The summed E-state index contributed by atoms with van der Waals surface area (Å²) in [4.78, 5) is 21.3. The van der Waals surface area contributed by atoms with Crippen LogP contribution >= 0.6 is 24.0 Å². The lowest BCUT2D eigenvalue weighted by molar-refractivity contribution is -0.115. The van der Waals surface area contributed by atoms with Gasteiger partial charge in [0, 0.05) is 31.7 Å². The number of carbonyl (C=O) groups excluding carboxylic acids is 1. The Kier molecular flexibility index (Phi) is 5.73. The fourth-order valence-electron chi connectivity index (χ4n) is 2.92. The minimum Gasteiger partial charge on any atom is -0.368 e. The SMILES string of the molecule is CCC(=O)Nc1c[nH]c2ncc(Cl)c(N3CCC[C@@H](N)C3)c12.Cl. The lowest BCUT2D eigenvalue weighted by Gasteiger charge is -2.33. The summed E-state index contributed by atoms with van der Waals surface area (Å²) < 4.78 is 0. The van der Waals surface area contributed by atoms with Crippen LogP contribution in [-0.2, 0) is 4.79 Å². The normalized spacial score (nSPS) is 17.9. The molecule has 0 aliphatic carbocycles. The standard InChI is InChI=1S/C15H20ClN5O.ClH/c1-2-12(22)20-11-7-19-15-13(11)14(10(16)6-18-15)21-5-3-4-9(17)8-21;/h6-7,9H,2-5,8,17H2,1H3,(H,18,19)(H,20,22);1H/t9-;/m1./s1. The lowest BCUT2D eigenvalue weighted by Crippen LogP contribution is -2.43. The fraction of sp³-hybridized carbons (Fsp3) is 0.467. The maximum atomic E-state index is 11.7. The van der Waals surface area contributed by atoms with Crippen molar-refractivity contribution in [2.75, 3.05) is 23.3 Å². The van der Waals surface area contributed by atoms with Gasteiger partial charge in [-0.3, -0.25) is 4.79 Å². The fourth-order valence-corrected chi connectivity index (χ4v) is 3.18. The first-order valence-corrected chi connectivity index (χ1v) is 7.94. The topological polar surface area (TPSA) is 87.0 Å². The molecule has 1 amide bonds. The highest BCUT2D eigenvalue weighted by atomic mass is 35.5. The van der Waals surface area contributed by atoms with E-state index in [0.29, 0.717) is 22.8 Å². The molecule has 0 saturated carbocycles. The Morgan fingerprint density at radius 3 is 3.09 bits per heavy atom. The number of fused-ring (bicyclic) bond motifs is 1. The molecule has 2 aromatic heterocycles. The Balaban J connectivity index is 0.00000192. The molecule has 0 spiro atoms. The predicted octanol–water partition coefficient (Wildman–Crippen LogP) is 2.91. The summed E-state index contributed by atoms with van der Waals surface area (Å²) in [5.74, 6) is -0.0397. The molecule has 6 nitrogen and oxygen atoms in total. The zero-order valence-electron chi connectivity index (χ0n) is 12.9. The minimum atomic E-state index is -0.0397. The van der Waals surface area contributed by atoms with E-state index < -0.39 is 0 Å². The van der Waals surface area contributed by atoms with Crippen LogP contribution in [-0.4, -0.2) is 35.0 Å². The van der Waals surface area contributed by atoms with Gasteiger partial charge < -0.3 is 20.9 Å². The van der Waals surface area contributed by atoms with E-state index in [-0.39, 0.29) is 24.4 Å². The molecule has 0 aromatic carbocycles. The first kappa shape index (κ1) is 17.8. The highest BCUT2D eigenvalue weighted by Crippen LogP contribution is 2.38. The van der Waals surface area contributed by atoms with Gasteiger partial charge in [0.2, 0.25) is 5.91 Å². The number of aromatic amines is 1. The predicted molar refractivity (Wildman–Crippen MR) is 96.7 cm³/mol. The molecule has 3 rings (SSSR count). The van der Waals surface area contributed by atoms with E-state index in [0.717, 1.165) is 37.0 Å². The molecule has 0 unspecified atom stereocenters. The molecule has 8 heteroatoms. The molecule has 126 valence electrons. The average molecular weight is 358 g/mol. The Morgan fingerprint density at radius 2 is 2.39 bits per heavy atom. The van der Waals surface area contributed by atoms with E-state index in [2.05, 4.69) is 20.2 Å². The van der Waals surface area contributed by atoms with Crippen LogP contribution < -0.4 is 16.0 Å². The van der Waals surface area contributed by atoms with Gasteiger partial charge in [-0.1, -0.05) is 18.5 Å². The second kappa shape index (κ2) is 7.38. The molecule has 1 aliphatic rings. The van der Waals surface area contributed by atoms with Gasteiger partial charge in [0.05, 0.1) is 28.0 Å². The second-order valence-corrected chi connectivity index (χ2v) is 6.04. The monoisotopic (exact) mass is 357 g/mol. The summed E-state index contributed by atoms with van der Waals surface area (Å²) in [6.07, 6.45) is 5.87. The molecule has 1 aliphatic heterocycles. The number of nitrogens with one attached hydrogen (secondary N) is 2. The van der Waals surface area contributed by atoms with Crippen molar-refractivity contribution in [1.82, 2.24) is 9.97 Å². The summed E-state index contributed by atoms with van der Waals surface area (Å²) >= 11 is 6.41. The highest BCUT2D eigenvalue weighted by molar-refractivity contribution is 6.35. The summed E-state index contributed by atoms with van der Waals surface area (Å²) in [6, 6.07) is 0.139. The van der Waals surface area contributed by atoms with Crippen molar-refractivity contribution in [3.05, 3.63) is 17.4 Å². The maximum absolute atomic E-state index is 11.7. The summed E-state index contributed by atoms with van der Waals surface area (Å²) in [6.45, 7) is 3.48. The van der Waals surface area contributed by atoms with Gasteiger partial charge in [-0.25, -0.2) is 4.98 Å². The van der Waals surface area contributed by atoms with Crippen molar-refractivity contribution in [1.29, 1.82) is 0 Å². The van der Waals surface area contributed by atoms with Crippen molar-refractivity contribution < 1.29 is 4.79 Å². The first-order valence-electron chi connectivity index (χ1n) is 7.56. The number of anilines is 2. The zero-order chi connectivity index (χ0) is 15.7. The van der Waals surface area contributed by atoms with Crippen molar-refractivity contribution >= 4 is 52.3 Å². The van der Waals surface area contributed by atoms with Gasteiger partial charge in [-0.05, 0) is 12.8 Å². The number of nitrogens with zero attached hydrogens (tertiary/aromatic N) is 2. The number of aromatic nitrogens is 2. The van der Waals surface area contributed by atoms with Gasteiger partial charge in [0.1, 0.15) is 5.65 Å². The summed E-state index contributed by atoms with van der Waals surface area (Å²) in [7, 11) is 0. The van der Waals surface area contributed by atoms with Gasteiger partial charge >= 0.3 is 0 Å². The largest absolute Gasteiger partial charge is 0.368 e. The molecule has 2 aromatic rings. The molecular formula is C15H21Cl2N5O. The molecular weight excluding hydrogens is 337 g/mol. The number of amides is 1. The molecule has 4 N–H and O–H groups in total. The Morgan fingerprint density at radius 1 is 1.61 bits per heavy atom. The number of pyridine rings is 1. The molecule has 3 heterocycles. The van der Waals surface area contributed by atoms with E-state index in [1.54, 1.807) is 12.4 Å². The zero-order valence-corrected chi connectivity index (χ0v) is 14.5. The van der Waals surface area contributed by atoms with Crippen molar-refractivity contribution in [2.45, 2.75) is 32.2 Å². The van der Waals surface area contributed by atoms with Gasteiger partial charge in [0.25, 0.3) is 0 Å². The Labute approximate surface area is 146 Å². The van der Waals surface area contributed by atoms with Crippen molar-refractivity contribution in [2.24, 2.45) is 5.73 Å². The average Bonchev–Trinajstić information content (AvgIpc) is 2.90. The number of carbonyl (C=O) groups is 1. The smallest absolute Gasteiger partial charge is 0.224 e. The highest BCUT2D eigenvalue weighted by Gasteiger charge is 2.23. The van der Waals surface area contributed by atoms with E-state index >= 15 is 0 Å². The molecule has 23 heavy (non-hydrogen) atoms.